The number of aromatic nitrogens is 1. The largest absolute Gasteiger partial charge is 0.462 e. The van der Waals surface area contributed by atoms with Crippen LogP contribution in [0.3, 0.4) is 0 Å². The van der Waals surface area contributed by atoms with E-state index in [-0.39, 0.29) is 5.91 Å². The predicted octanol–water partition coefficient (Wildman–Crippen LogP) is 2.92. The third-order valence-electron chi connectivity index (χ3n) is 5.16. The highest BCUT2D eigenvalue weighted by Crippen LogP contribution is 2.12. The van der Waals surface area contributed by atoms with Crippen molar-refractivity contribution < 1.29 is 19.1 Å². The first-order valence-electron chi connectivity index (χ1n) is 10.8. The molecule has 0 N–H and O–H groups in total. The quantitative estimate of drug-likeness (QED) is 0.416. The molecule has 1 aliphatic rings. The van der Waals surface area contributed by atoms with E-state index in [1.165, 1.54) is 6.42 Å². The van der Waals surface area contributed by atoms with Crippen molar-refractivity contribution >= 4 is 11.9 Å². The Hall–Kier alpha value is -1.99. The maximum Gasteiger partial charge on any atom is 0.339 e. The fourth-order valence-corrected chi connectivity index (χ4v) is 3.40. The molecule has 1 amide bonds. The molecule has 0 spiro atoms. The number of rotatable bonds is 11. The number of amides is 1. The lowest BCUT2D eigenvalue weighted by Gasteiger charge is -2.30. The van der Waals surface area contributed by atoms with Crippen LogP contribution in [-0.4, -0.2) is 79.2 Å². The standard InChI is InChI=1S/C22H35N3O4/c1-4-6-7-8-11-25(13-12-24-14-16-28-17-15-24)21(26)20-10-9-19(18(3)23-20)22(27)29-5-2/h9-10H,4-8,11-17H2,1-3H3. The van der Waals surface area contributed by atoms with Gasteiger partial charge in [-0.1, -0.05) is 26.2 Å². The Morgan fingerprint density at radius 3 is 2.55 bits per heavy atom. The molecule has 1 aliphatic heterocycles. The minimum absolute atomic E-state index is 0.0757. The zero-order valence-electron chi connectivity index (χ0n) is 18.1. The van der Waals surface area contributed by atoms with Crippen molar-refractivity contribution in [2.45, 2.75) is 46.5 Å². The molecule has 0 unspecified atom stereocenters. The van der Waals surface area contributed by atoms with Gasteiger partial charge in [-0.2, -0.15) is 0 Å². The van der Waals surface area contributed by atoms with Crippen molar-refractivity contribution in [3.63, 3.8) is 0 Å². The second kappa shape index (κ2) is 12.5. The third kappa shape index (κ3) is 7.40. The molecule has 0 bridgehead atoms. The van der Waals surface area contributed by atoms with Crippen LogP contribution < -0.4 is 0 Å². The summed E-state index contributed by atoms with van der Waals surface area (Å²) in [5.74, 6) is -0.478. The fraction of sp³-hybridized carbons (Fsp3) is 0.682. The summed E-state index contributed by atoms with van der Waals surface area (Å²) in [6.45, 7) is 11.5. The summed E-state index contributed by atoms with van der Waals surface area (Å²) in [6.07, 6.45) is 4.45. The molecule has 2 rings (SSSR count). The molecule has 0 aliphatic carbocycles. The second-order valence-electron chi connectivity index (χ2n) is 7.36. The van der Waals surface area contributed by atoms with E-state index in [9.17, 15) is 9.59 Å². The number of unbranched alkanes of at least 4 members (excludes halogenated alkanes) is 3. The van der Waals surface area contributed by atoms with E-state index in [4.69, 9.17) is 9.47 Å². The first-order valence-corrected chi connectivity index (χ1v) is 10.8. The molecular weight excluding hydrogens is 370 g/mol. The van der Waals surface area contributed by atoms with Crippen molar-refractivity contribution in [2.75, 3.05) is 52.5 Å². The lowest BCUT2D eigenvalue weighted by Crippen LogP contribution is -2.43. The molecule has 0 aromatic carbocycles. The smallest absolute Gasteiger partial charge is 0.339 e. The fourth-order valence-electron chi connectivity index (χ4n) is 3.40. The van der Waals surface area contributed by atoms with Gasteiger partial charge in [0.05, 0.1) is 31.1 Å². The van der Waals surface area contributed by atoms with Crippen molar-refractivity contribution in [3.8, 4) is 0 Å². The maximum absolute atomic E-state index is 13.1. The molecule has 0 atom stereocenters. The van der Waals surface area contributed by atoms with Crippen LogP contribution in [0.5, 0.6) is 0 Å². The van der Waals surface area contributed by atoms with Gasteiger partial charge >= 0.3 is 5.97 Å². The van der Waals surface area contributed by atoms with Crippen LogP contribution in [0.25, 0.3) is 0 Å². The van der Waals surface area contributed by atoms with Gasteiger partial charge in [0.15, 0.2) is 0 Å². The Morgan fingerprint density at radius 1 is 1.14 bits per heavy atom. The highest BCUT2D eigenvalue weighted by Gasteiger charge is 2.21. The summed E-state index contributed by atoms with van der Waals surface area (Å²) in [5.41, 5.74) is 1.31. The number of esters is 1. The first-order chi connectivity index (χ1) is 14.1. The number of hydrogen-bond acceptors (Lipinski definition) is 6. The van der Waals surface area contributed by atoms with Crippen LogP contribution in [0.1, 0.15) is 66.1 Å². The molecule has 2 heterocycles. The minimum Gasteiger partial charge on any atom is -0.462 e. The van der Waals surface area contributed by atoms with Crippen molar-refractivity contribution in [1.82, 2.24) is 14.8 Å². The lowest BCUT2D eigenvalue weighted by atomic mass is 10.1. The van der Waals surface area contributed by atoms with Crippen LogP contribution in [0.4, 0.5) is 0 Å². The summed E-state index contributed by atoms with van der Waals surface area (Å²) in [7, 11) is 0. The minimum atomic E-state index is -0.403. The van der Waals surface area contributed by atoms with Gasteiger partial charge in [-0.05, 0) is 32.4 Å². The number of carbonyl (C=O) groups is 2. The van der Waals surface area contributed by atoms with Crippen molar-refractivity contribution in [2.24, 2.45) is 0 Å². The monoisotopic (exact) mass is 405 g/mol. The van der Waals surface area contributed by atoms with Gasteiger partial charge in [-0.15, -0.1) is 0 Å². The summed E-state index contributed by atoms with van der Waals surface area (Å²) in [6, 6.07) is 3.28. The van der Waals surface area contributed by atoms with Gasteiger partial charge in [0.1, 0.15) is 5.69 Å². The van der Waals surface area contributed by atoms with E-state index in [0.717, 1.165) is 58.7 Å². The summed E-state index contributed by atoms with van der Waals surface area (Å²) in [5, 5.41) is 0. The van der Waals surface area contributed by atoms with E-state index in [2.05, 4.69) is 16.8 Å². The first kappa shape index (κ1) is 23.3. The van der Waals surface area contributed by atoms with Crippen LogP contribution in [0.15, 0.2) is 12.1 Å². The van der Waals surface area contributed by atoms with Gasteiger partial charge < -0.3 is 14.4 Å². The Bertz CT molecular complexity index is 659. The van der Waals surface area contributed by atoms with Crippen LogP contribution >= 0.6 is 0 Å². The number of carbonyl (C=O) groups excluding carboxylic acids is 2. The number of nitrogens with zero attached hydrogens (tertiary/aromatic N) is 3. The molecular formula is C22H35N3O4. The van der Waals surface area contributed by atoms with E-state index in [0.29, 0.717) is 30.1 Å². The van der Waals surface area contributed by atoms with Gasteiger partial charge in [0.25, 0.3) is 5.91 Å². The molecule has 0 saturated carbocycles. The highest BCUT2D eigenvalue weighted by atomic mass is 16.5. The zero-order chi connectivity index (χ0) is 21.1. The Kier molecular flexibility index (Phi) is 10.1. The average Bonchev–Trinajstić information content (AvgIpc) is 2.73. The van der Waals surface area contributed by atoms with Crippen molar-refractivity contribution in [3.05, 3.63) is 29.1 Å². The van der Waals surface area contributed by atoms with Gasteiger partial charge in [-0.25, -0.2) is 9.78 Å². The van der Waals surface area contributed by atoms with Gasteiger partial charge in [-0.3, -0.25) is 9.69 Å². The normalized spacial score (nSPS) is 14.6. The number of ether oxygens (including phenoxy) is 2. The molecule has 162 valence electrons. The summed E-state index contributed by atoms with van der Waals surface area (Å²) < 4.78 is 10.5. The highest BCUT2D eigenvalue weighted by molar-refractivity contribution is 5.95. The second-order valence-corrected chi connectivity index (χ2v) is 7.36. The molecule has 29 heavy (non-hydrogen) atoms. The lowest BCUT2D eigenvalue weighted by molar-refractivity contribution is 0.0323. The van der Waals surface area contributed by atoms with E-state index >= 15 is 0 Å². The molecule has 1 fully saturated rings. The van der Waals surface area contributed by atoms with Gasteiger partial charge in [0, 0.05) is 32.7 Å². The molecule has 1 saturated heterocycles. The molecule has 7 heteroatoms. The maximum atomic E-state index is 13.1. The molecule has 7 nitrogen and oxygen atoms in total. The van der Waals surface area contributed by atoms with Crippen LogP contribution in [0.2, 0.25) is 0 Å². The van der Waals surface area contributed by atoms with Gasteiger partial charge in [0.2, 0.25) is 0 Å². The number of pyridine rings is 1. The molecule has 1 aromatic rings. The van der Waals surface area contributed by atoms with E-state index in [1.807, 2.05) is 4.90 Å². The summed E-state index contributed by atoms with van der Waals surface area (Å²) in [4.78, 5) is 33.8. The summed E-state index contributed by atoms with van der Waals surface area (Å²) >= 11 is 0. The Balaban J connectivity index is 2.05. The van der Waals surface area contributed by atoms with Crippen LogP contribution in [0, 0.1) is 6.92 Å². The van der Waals surface area contributed by atoms with Crippen molar-refractivity contribution in [1.29, 1.82) is 0 Å². The van der Waals surface area contributed by atoms with Crippen LogP contribution in [-0.2, 0) is 9.47 Å². The van der Waals surface area contributed by atoms with E-state index in [1.54, 1.807) is 26.0 Å². The molecule has 1 aromatic heterocycles. The Morgan fingerprint density at radius 2 is 1.90 bits per heavy atom. The third-order valence-corrected chi connectivity index (χ3v) is 5.16. The number of morpholine rings is 1. The number of aryl methyl sites for hydroxylation is 1. The average molecular weight is 406 g/mol. The Labute approximate surface area is 174 Å². The van der Waals surface area contributed by atoms with E-state index < -0.39 is 5.97 Å². The predicted molar refractivity (Wildman–Crippen MR) is 112 cm³/mol. The zero-order valence-corrected chi connectivity index (χ0v) is 18.1. The number of hydrogen-bond donors (Lipinski definition) is 0. The topological polar surface area (TPSA) is 72.0 Å². The molecule has 0 radical (unpaired) electrons. The SMILES string of the molecule is CCCCCCN(CCN1CCOCC1)C(=O)c1ccc(C(=O)OCC)c(C)n1.